The number of fused-ring (bicyclic) bond motifs is 7. The molecule has 0 fully saturated rings. The van der Waals surface area contributed by atoms with Crippen molar-refractivity contribution in [2.45, 2.75) is 26.2 Å². The summed E-state index contributed by atoms with van der Waals surface area (Å²) in [6.45, 7) is 6.87. The van der Waals surface area contributed by atoms with Gasteiger partial charge in [0.05, 0.1) is 34.4 Å². The van der Waals surface area contributed by atoms with E-state index in [-0.39, 0.29) is 11.2 Å². The first-order valence-electron chi connectivity index (χ1n) is 43.8. The van der Waals surface area contributed by atoms with Gasteiger partial charge in [0.15, 0.2) is 0 Å². The average molecular weight is 1660 g/mol. The van der Waals surface area contributed by atoms with E-state index in [2.05, 4.69) is 447 Å². The molecule has 616 valence electrons. The topological polar surface area (TPSA) is 36.8 Å². The van der Waals surface area contributed by atoms with Crippen LogP contribution in [0.1, 0.15) is 36.1 Å². The zero-order valence-electron chi connectivity index (χ0n) is 72.0. The van der Waals surface area contributed by atoms with Gasteiger partial charge in [-0.25, -0.2) is 4.39 Å². The molecular formula is C123H92FN5. The van der Waals surface area contributed by atoms with Crippen molar-refractivity contribution in [1.29, 1.82) is 5.26 Å². The van der Waals surface area contributed by atoms with Crippen LogP contribution in [0.2, 0.25) is 0 Å². The van der Waals surface area contributed by atoms with Crippen molar-refractivity contribution in [3.8, 4) is 61.7 Å². The van der Waals surface area contributed by atoms with E-state index >= 15 is 0 Å². The summed E-state index contributed by atoms with van der Waals surface area (Å²) in [5, 5.41) is 18.9. The summed E-state index contributed by atoms with van der Waals surface area (Å²) in [5.74, 6) is -0.232. The smallest absolute Gasteiger partial charge is 0.123 e. The Bertz CT molecular complexity index is 7140. The number of anilines is 12. The number of aryl methyl sites for hydroxylation is 1. The molecule has 1 aliphatic rings. The van der Waals surface area contributed by atoms with Gasteiger partial charge in [-0.15, -0.1) is 0 Å². The lowest BCUT2D eigenvalue weighted by Crippen LogP contribution is -2.17. The fourth-order valence-electron chi connectivity index (χ4n) is 18.0. The Kier molecular flexibility index (Phi) is 23.7. The highest BCUT2D eigenvalue weighted by molar-refractivity contribution is 6.04. The van der Waals surface area contributed by atoms with E-state index in [4.69, 9.17) is 0 Å². The number of nitriles is 1. The van der Waals surface area contributed by atoms with Crippen LogP contribution in [0.5, 0.6) is 0 Å². The van der Waals surface area contributed by atoms with Crippen LogP contribution in [0.3, 0.4) is 0 Å². The van der Waals surface area contributed by atoms with Crippen LogP contribution in [0.15, 0.2) is 504 Å². The number of rotatable bonds is 16. The van der Waals surface area contributed by atoms with Crippen molar-refractivity contribution in [3.05, 3.63) is 532 Å². The number of para-hydroxylation sites is 8. The minimum atomic E-state index is -0.232. The van der Waals surface area contributed by atoms with Gasteiger partial charge in [0, 0.05) is 73.2 Å². The molecule has 6 heteroatoms. The third-order valence-corrected chi connectivity index (χ3v) is 24.2. The van der Waals surface area contributed by atoms with E-state index in [1.165, 1.54) is 106 Å². The van der Waals surface area contributed by atoms with E-state index in [9.17, 15) is 9.65 Å². The molecule has 1 aliphatic carbocycles. The zero-order chi connectivity index (χ0) is 87.4. The van der Waals surface area contributed by atoms with Crippen LogP contribution in [0.25, 0.3) is 98.7 Å². The zero-order valence-corrected chi connectivity index (χ0v) is 72.0. The van der Waals surface area contributed by atoms with Crippen LogP contribution < -0.4 is 19.6 Å². The van der Waals surface area contributed by atoms with Gasteiger partial charge in [-0.2, -0.15) is 5.26 Å². The molecule has 0 spiro atoms. The SMILES string of the molecule is CC1(C)c2ccccc2-c2cccc(-c3cc4ccccc4cc3N(c3ccccc3)c3ccccc3)c21.Cc1ccc(-c2cc3ccccc3cc2N(c2ccccc2)c2ccccc2)cc1.Fc1ccc(-c2cc3ccccc3cc2N(c2ccccc2)c2ccccc2)cc1.N#Cc1ccc(-c2cc3ccccc3cc2N(c2ccccc2)c2ccccc2)cc1. The number of nitrogens with zero attached hydrogens (tertiary/aromatic N) is 5. The summed E-state index contributed by atoms with van der Waals surface area (Å²) in [7, 11) is 0. The second-order valence-corrected chi connectivity index (χ2v) is 32.9. The van der Waals surface area contributed by atoms with Gasteiger partial charge < -0.3 is 19.6 Å². The quantitative estimate of drug-likeness (QED) is 0.0964. The van der Waals surface area contributed by atoms with Gasteiger partial charge in [-0.05, 0) is 264 Å². The summed E-state index contributed by atoms with van der Waals surface area (Å²) < 4.78 is 13.6. The summed E-state index contributed by atoms with van der Waals surface area (Å²) in [6.07, 6.45) is 0. The standard InChI is InChI=1S/C37H29N.C29H20N2.C29H23N.C28H20FN/c1-37(2)34-23-12-11-20-30(34)31-21-13-22-32(36(31)37)33-24-26-14-9-10-15-27(26)25-35(33)38(28-16-5-3-6-17-28)29-18-7-4-8-19-29;30-21-22-15-17-23(18-16-22)28-19-24-9-7-8-10-25(24)20-29(28)31(26-11-3-1-4-12-26)27-13-5-2-6-14-27;1-22-16-18-23(19-17-22)28-20-24-10-8-9-11-25(24)21-29(28)30(26-12-4-2-5-13-26)27-14-6-3-7-15-27;29-24-17-15-21(16-18-24)27-19-22-9-7-8-10-23(22)20-28(27)30(25-11-3-1-4-12-25)26-13-5-2-6-14-26/h3-25H,1-2H3;1-20H;2-21H,1H3;1-20H. The van der Waals surface area contributed by atoms with E-state index in [1.54, 1.807) is 0 Å². The van der Waals surface area contributed by atoms with Crippen LogP contribution in [0.4, 0.5) is 72.6 Å². The second-order valence-electron chi connectivity index (χ2n) is 32.9. The Labute approximate surface area is 755 Å². The first-order valence-corrected chi connectivity index (χ1v) is 43.8. The maximum Gasteiger partial charge on any atom is 0.123 e. The van der Waals surface area contributed by atoms with Gasteiger partial charge in [0.2, 0.25) is 0 Å². The number of hydrogen-bond donors (Lipinski definition) is 0. The molecule has 0 aromatic heterocycles. The Morgan fingerprint density at radius 2 is 0.442 bits per heavy atom. The van der Waals surface area contributed by atoms with Gasteiger partial charge in [0.1, 0.15) is 5.82 Å². The fourth-order valence-corrected chi connectivity index (χ4v) is 18.0. The van der Waals surface area contributed by atoms with E-state index < -0.39 is 0 Å². The van der Waals surface area contributed by atoms with E-state index in [1.807, 2.05) is 91.0 Å². The summed E-state index contributed by atoms with van der Waals surface area (Å²) in [6, 6.07) is 178. The maximum absolute atomic E-state index is 13.6. The van der Waals surface area contributed by atoms with Gasteiger partial charge in [0.25, 0.3) is 0 Å². The Morgan fingerprint density at radius 1 is 0.217 bits per heavy atom. The lowest BCUT2D eigenvalue weighted by molar-refractivity contribution is 0.628. The van der Waals surface area contributed by atoms with Crippen molar-refractivity contribution in [2.75, 3.05) is 19.6 Å². The van der Waals surface area contributed by atoms with Crippen molar-refractivity contribution >= 4 is 111 Å². The monoisotopic (exact) mass is 1660 g/mol. The first-order chi connectivity index (χ1) is 63.5. The largest absolute Gasteiger partial charge is 0.310 e. The third-order valence-electron chi connectivity index (χ3n) is 24.2. The van der Waals surface area contributed by atoms with Crippen molar-refractivity contribution in [2.24, 2.45) is 0 Å². The minimum Gasteiger partial charge on any atom is -0.310 e. The van der Waals surface area contributed by atoms with E-state index in [0.29, 0.717) is 5.56 Å². The average Bonchev–Trinajstić information content (AvgIpc) is 1.54. The van der Waals surface area contributed by atoms with Gasteiger partial charge in [-0.1, -0.05) is 353 Å². The van der Waals surface area contributed by atoms with Crippen molar-refractivity contribution in [1.82, 2.24) is 0 Å². The first kappa shape index (κ1) is 81.9. The summed E-state index contributed by atoms with van der Waals surface area (Å²) in [5.41, 5.74) is 30.0. The fraction of sp³-hybridized carbons (Fsp3) is 0.0325. The second kappa shape index (κ2) is 37.4. The van der Waals surface area contributed by atoms with Crippen LogP contribution in [-0.2, 0) is 5.41 Å². The van der Waals surface area contributed by atoms with Gasteiger partial charge >= 0.3 is 0 Å². The molecule has 0 saturated carbocycles. The molecule has 21 aromatic carbocycles. The molecule has 129 heavy (non-hydrogen) atoms. The molecule has 0 amide bonds. The highest BCUT2D eigenvalue weighted by atomic mass is 19.1. The molecule has 0 radical (unpaired) electrons. The normalized spacial score (nSPS) is 11.5. The molecule has 0 N–H and O–H groups in total. The molecular weight excluding hydrogens is 1570 g/mol. The highest BCUT2D eigenvalue weighted by Crippen LogP contribution is 2.55. The van der Waals surface area contributed by atoms with Crippen molar-refractivity contribution < 1.29 is 4.39 Å². The Balaban J connectivity index is 0.000000112. The molecule has 0 atom stereocenters. The highest BCUT2D eigenvalue weighted by Gasteiger charge is 2.38. The summed E-state index contributed by atoms with van der Waals surface area (Å²) >= 11 is 0. The molecule has 21 aromatic rings. The molecule has 0 heterocycles. The third kappa shape index (κ3) is 17.4. The number of benzene rings is 21. The van der Waals surface area contributed by atoms with Crippen molar-refractivity contribution in [3.63, 3.8) is 0 Å². The molecule has 22 rings (SSSR count). The predicted octanol–water partition coefficient (Wildman–Crippen LogP) is 34.5. The minimum absolute atomic E-state index is 0.101. The van der Waals surface area contributed by atoms with Crippen LogP contribution in [0, 0.1) is 24.1 Å². The molecule has 5 nitrogen and oxygen atoms in total. The van der Waals surface area contributed by atoms with Crippen LogP contribution >= 0.6 is 0 Å². The van der Waals surface area contributed by atoms with Crippen LogP contribution in [-0.4, -0.2) is 0 Å². The lowest BCUT2D eigenvalue weighted by Gasteiger charge is -2.30. The molecule has 0 bridgehead atoms. The lowest BCUT2D eigenvalue weighted by atomic mass is 9.78. The Hall–Kier alpha value is -16.7. The molecule has 0 unspecified atom stereocenters. The summed E-state index contributed by atoms with van der Waals surface area (Å²) in [4.78, 5) is 9.29. The molecule has 0 saturated heterocycles. The number of halogens is 1. The predicted molar refractivity (Wildman–Crippen MR) is 543 cm³/mol. The van der Waals surface area contributed by atoms with E-state index in [0.717, 1.165) is 89.9 Å². The number of hydrogen-bond acceptors (Lipinski definition) is 5. The van der Waals surface area contributed by atoms with Gasteiger partial charge in [-0.3, -0.25) is 0 Å². The molecule has 0 aliphatic heterocycles. The Morgan fingerprint density at radius 3 is 0.736 bits per heavy atom. The maximum atomic E-state index is 13.6.